The lowest BCUT2D eigenvalue weighted by molar-refractivity contribution is 0.0925. The second kappa shape index (κ2) is 4.99. The predicted molar refractivity (Wildman–Crippen MR) is 79.3 cm³/mol. The first-order valence-electron chi connectivity index (χ1n) is 5.74. The molecule has 0 saturated carbocycles. The number of halogens is 4. The fraction of sp³-hybridized carbons (Fsp3) is 0. The van der Waals surface area contributed by atoms with Gasteiger partial charge >= 0.3 is 0 Å². The molecule has 0 bridgehead atoms. The zero-order chi connectivity index (χ0) is 15.3. The third-order valence-electron chi connectivity index (χ3n) is 3.11. The molecule has 0 atom stereocenters. The van der Waals surface area contributed by atoms with Gasteiger partial charge in [-0.2, -0.15) is 0 Å². The second-order valence-electron chi connectivity index (χ2n) is 4.31. The van der Waals surface area contributed by atoms with Gasteiger partial charge in [-0.3, -0.25) is 9.59 Å². The number of anilines is 1. The molecule has 2 aromatic rings. The molecule has 1 aliphatic rings. The quantitative estimate of drug-likeness (QED) is 0.395. The van der Waals surface area contributed by atoms with E-state index in [-0.39, 0.29) is 25.8 Å². The maximum absolute atomic E-state index is 13.7. The summed E-state index contributed by atoms with van der Waals surface area (Å²) in [5.74, 6) is -3.41. The number of hydrogen-bond acceptors (Lipinski definition) is 2. The minimum Gasteiger partial charge on any atom is -0.268 e. The summed E-state index contributed by atoms with van der Waals surface area (Å²) < 4.78 is 26.9. The zero-order valence-corrected chi connectivity index (χ0v) is 13.3. The van der Waals surface area contributed by atoms with Gasteiger partial charge in [0.1, 0.15) is 0 Å². The highest BCUT2D eigenvalue weighted by molar-refractivity contribution is 9.11. The molecular formula is C14H5Br2F2NO2. The van der Waals surface area contributed by atoms with Crippen LogP contribution in [0.1, 0.15) is 20.7 Å². The van der Waals surface area contributed by atoms with Crippen LogP contribution in [-0.2, 0) is 0 Å². The molecule has 0 saturated heterocycles. The van der Waals surface area contributed by atoms with Gasteiger partial charge in [0.25, 0.3) is 11.8 Å². The largest absolute Gasteiger partial charge is 0.268 e. The highest BCUT2D eigenvalue weighted by atomic mass is 79.9. The SMILES string of the molecule is O=C1c2ccccc2C(=O)N1c1c(Br)cc(F)c(F)c1Br. The van der Waals surface area contributed by atoms with Crippen molar-refractivity contribution in [3.8, 4) is 0 Å². The lowest BCUT2D eigenvalue weighted by Crippen LogP contribution is -2.30. The molecule has 21 heavy (non-hydrogen) atoms. The van der Waals surface area contributed by atoms with Crippen molar-refractivity contribution < 1.29 is 18.4 Å². The molecule has 1 heterocycles. The lowest BCUT2D eigenvalue weighted by Gasteiger charge is -2.18. The van der Waals surface area contributed by atoms with Crippen molar-refractivity contribution >= 4 is 49.4 Å². The second-order valence-corrected chi connectivity index (χ2v) is 5.96. The van der Waals surface area contributed by atoms with Crippen molar-refractivity contribution in [3.05, 3.63) is 62.0 Å². The Morgan fingerprint density at radius 3 is 2.00 bits per heavy atom. The summed E-state index contributed by atoms with van der Waals surface area (Å²) in [5.41, 5.74) is 0.400. The number of imide groups is 1. The maximum Gasteiger partial charge on any atom is 0.266 e. The maximum atomic E-state index is 13.7. The number of hydrogen-bond donors (Lipinski definition) is 0. The third kappa shape index (κ3) is 2.03. The summed E-state index contributed by atoms with van der Waals surface area (Å²) >= 11 is 5.96. The molecule has 3 rings (SSSR count). The van der Waals surface area contributed by atoms with Crippen LogP contribution in [0.5, 0.6) is 0 Å². The minimum atomic E-state index is -1.16. The summed E-state index contributed by atoms with van der Waals surface area (Å²) in [5, 5.41) is 0. The van der Waals surface area contributed by atoms with Gasteiger partial charge < -0.3 is 0 Å². The fourth-order valence-corrected chi connectivity index (χ4v) is 3.58. The Hall–Kier alpha value is -1.60. The number of carbonyl (C=O) groups is 2. The molecule has 0 spiro atoms. The van der Waals surface area contributed by atoms with Gasteiger partial charge in [-0.1, -0.05) is 12.1 Å². The van der Waals surface area contributed by atoms with Crippen molar-refractivity contribution in [1.29, 1.82) is 0 Å². The van der Waals surface area contributed by atoms with Gasteiger partial charge in [-0.25, -0.2) is 13.7 Å². The van der Waals surface area contributed by atoms with E-state index in [1.807, 2.05) is 0 Å². The molecule has 0 aromatic heterocycles. The standard InChI is InChI=1S/C14H5Br2F2NO2/c15-8-5-9(17)11(18)10(16)12(8)19-13(20)6-3-1-2-4-7(6)14(19)21/h1-5H. The van der Waals surface area contributed by atoms with Crippen LogP contribution in [0.25, 0.3) is 0 Å². The Balaban J connectivity index is 2.23. The lowest BCUT2D eigenvalue weighted by atomic mass is 10.1. The number of rotatable bonds is 1. The van der Waals surface area contributed by atoms with Crippen LogP contribution in [0.4, 0.5) is 14.5 Å². The molecule has 7 heteroatoms. The summed E-state index contributed by atoms with van der Waals surface area (Å²) in [6.45, 7) is 0. The van der Waals surface area contributed by atoms with Gasteiger partial charge in [-0.15, -0.1) is 0 Å². The first-order chi connectivity index (χ1) is 9.93. The Morgan fingerprint density at radius 1 is 0.952 bits per heavy atom. The Labute approximate surface area is 134 Å². The van der Waals surface area contributed by atoms with E-state index in [0.717, 1.165) is 11.0 Å². The average Bonchev–Trinajstić information content (AvgIpc) is 2.71. The first kappa shape index (κ1) is 14.3. The highest BCUT2D eigenvalue weighted by Crippen LogP contribution is 2.41. The third-order valence-corrected chi connectivity index (χ3v) is 4.44. The van der Waals surface area contributed by atoms with Crippen LogP contribution in [0.15, 0.2) is 39.3 Å². The van der Waals surface area contributed by atoms with Crippen LogP contribution >= 0.6 is 31.9 Å². The molecule has 0 fully saturated rings. The van der Waals surface area contributed by atoms with Crippen molar-refractivity contribution in [3.63, 3.8) is 0 Å². The molecular weight excluding hydrogens is 412 g/mol. The molecule has 0 unspecified atom stereocenters. The van der Waals surface area contributed by atoms with Gasteiger partial charge in [0.05, 0.1) is 21.3 Å². The predicted octanol–water partition coefficient (Wildman–Crippen LogP) is 4.29. The zero-order valence-electron chi connectivity index (χ0n) is 10.2. The van der Waals surface area contributed by atoms with E-state index in [9.17, 15) is 18.4 Å². The molecule has 106 valence electrons. The summed E-state index contributed by atoms with van der Waals surface area (Å²) in [7, 11) is 0. The average molecular weight is 417 g/mol. The van der Waals surface area contributed by atoms with Gasteiger partial charge in [-0.05, 0) is 50.1 Å². The van der Waals surface area contributed by atoms with Crippen LogP contribution < -0.4 is 4.90 Å². The molecule has 1 aliphatic heterocycles. The molecule has 2 aromatic carbocycles. The van der Waals surface area contributed by atoms with Crippen LogP contribution in [-0.4, -0.2) is 11.8 Å². The Morgan fingerprint density at radius 2 is 1.48 bits per heavy atom. The smallest absolute Gasteiger partial charge is 0.266 e. The normalized spacial score (nSPS) is 13.8. The topological polar surface area (TPSA) is 37.4 Å². The number of amides is 2. The van der Waals surface area contributed by atoms with Crippen LogP contribution in [0.3, 0.4) is 0 Å². The number of fused-ring (bicyclic) bond motifs is 1. The number of carbonyl (C=O) groups excluding carboxylic acids is 2. The van der Waals surface area contributed by atoms with E-state index in [1.54, 1.807) is 12.1 Å². The van der Waals surface area contributed by atoms with Gasteiger partial charge in [0.15, 0.2) is 11.6 Å². The monoisotopic (exact) mass is 415 g/mol. The van der Waals surface area contributed by atoms with Crippen molar-refractivity contribution in [2.75, 3.05) is 4.90 Å². The van der Waals surface area contributed by atoms with E-state index < -0.39 is 23.4 Å². The molecule has 2 amide bonds. The van der Waals surface area contributed by atoms with Crippen LogP contribution in [0, 0.1) is 11.6 Å². The summed E-state index contributed by atoms with van der Waals surface area (Å²) in [6.07, 6.45) is 0. The van der Waals surface area contributed by atoms with E-state index >= 15 is 0 Å². The highest BCUT2D eigenvalue weighted by Gasteiger charge is 2.39. The molecule has 0 radical (unpaired) electrons. The van der Waals surface area contributed by atoms with Gasteiger partial charge in [0.2, 0.25) is 0 Å². The number of benzene rings is 2. The minimum absolute atomic E-state index is 0.0555. The van der Waals surface area contributed by atoms with E-state index in [1.165, 1.54) is 12.1 Å². The van der Waals surface area contributed by atoms with E-state index in [0.29, 0.717) is 0 Å². The Kier molecular flexibility index (Phi) is 3.41. The molecule has 0 aliphatic carbocycles. The van der Waals surface area contributed by atoms with Gasteiger partial charge in [0, 0.05) is 4.47 Å². The van der Waals surface area contributed by atoms with Crippen LogP contribution in [0.2, 0.25) is 0 Å². The number of nitrogens with zero attached hydrogens (tertiary/aromatic N) is 1. The summed E-state index contributed by atoms with van der Waals surface area (Å²) in [6, 6.07) is 7.15. The van der Waals surface area contributed by atoms with Crippen molar-refractivity contribution in [1.82, 2.24) is 0 Å². The molecule has 3 nitrogen and oxygen atoms in total. The van der Waals surface area contributed by atoms with Crippen molar-refractivity contribution in [2.24, 2.45) is 0 Å². The summed E-state index contributed by atoms with van der Waals surface area (Å²) in [4.78, 5) is 25.5. The van der Waals surface area contributed by atoms with Crippen molar-refractivity contribution in [2.45, 2.75) is 0 Å². The Bertz CT molecular complexity index is 773. The van der Waals surface area contributed by atoms with E-state index in [4.69, 9.17) is 0 Å². The van der Waals surface area contributed by atoms with E-state index in [2.05, 4.69) is 31.9 Å². The fourth-order valence-electron chi connectivity index (χ4n) is 2.15. The first-order valence-corrected chi connectivity index (χ1v) is 7.33. The molecule has 0 N–H and O–H groups in total.